The van der Waals surface area contributed by atoms with Crippen LogP contribution in [-0.2, 0) is 0 Å². The van der Waals surface area contributed by atoms with E-state index in [0.29, 0.717) is 12.8 Å². The van der Waals surface area contributed by atoms with Crippen LogP contribution in [0.25, 0.3) is 0 Å². The van der Waals surface area contributed by atoms with Crippen molar-refractivity contribution in [2.24, 2.45) is 0 Å². The largest absolute Gasteiger partial charge is 0.396 e. The van der Waals surface area contributed by atoms with E-state index in [4.69, 9.17) is 10.2 Å². The van der Waals surface area contributed by atoms with E-state index >= 15 is 0 Å². The summed E-state index contributed by atoms with van der Waals surface area (Å²) in [6, 6.07) is 0. The van der Waals surface area contributed by atoms with Crippen LogP contribution in [0.15, 0.2) is 12.2 Å². The Bertz CT molecular complexity index is 51.5. The van der Waals surface area contributed by atoms with Crippen molar-refractivity contribution in [3.8, 4) is 0 Å². The Morgan fingerprint density at radius 1 is 0.875 bits per heavy atom. The Labute approximate surface area is 49.5 Å². The van der Waals surface area contributed by atoms with Crippen molar-refractivity contribution in [2.75, 3.05) is 13.2 Å². The number of hydrogen-bond acceptors (Lipinski definition) is 2. The summed E-state index contributed by atoms with van der Waals surface area (Å²) in [5.41, 5.74) is 0. The van der Waals surface area contributed by atoms with Crippen LogP contribution in [0.3, 0.4) is 0 Å². The van der Waals surface area contributed by atoms with E-state index in [-0.39, 0.29) is 13.2 Å². The number of hydrogen-bond donors (Lipinski definition) is 2. The first-order chi connectivity index (χ1) is 3.91. The maximum absolute atomic E-state index is 8.25. The third kappa shape index (κ3) is 5.66. The molecule has 0 aromatic heterocycles. The molecule has 2 N–H and O–H groups in total. The van der Waals surface area contributed by atoms with Gasteiger partial charge in [0.1, 0.15) is 0 Å². The van der Waals surface area contributed by atoms with Gasteiger partial charge in [-0.2, -0.15) is 0 Å². The average molecular weight is 116 g/mol. The summed E-state index contributed by atoms with van der Waals surface area (Å²) >= 11 is 0. The average Bonchev–Trinajstić information content (AvgIpc) is 1.81. The maximum atomic E-state index is 8.25. The first-order valence-corrected chi connectivity index (χ1v) is 2.78. The molecule has 48 valence electrons. The molecule has 0 saturated heterocycles. The highest BCUT2D eigenvalue weighted by Gasteiger charge is 1.73. The van der Waals surface area contributed by atoms with E-state index in [0.717, 1.165) is 0 Å². The van der Waals surface area contributed by atoms with Gasteiger partial charge in [-0.25, -0.2) is 0 Å². The van der Waals surface area contributed by atoms with Crippen LogP contribution in [-0.4, -0.2) is 23.4 Å². The smallest absolute Gasteiger partial charge is 0.0465 e. The lowest BCUT2D eigenvalue weighted by molar-refractivity contribution is 0.298. The predicted octanol–water partition coefficient (Wildman–Crippen LogP) is 0.307. The molecular weight excluding hydrogens is 104 g/mol. The summed E-state index contributed by atoms with van der Waals surface area (Å²) in [5, 5.41) is 16.5. The van der Waals surface area contributed by atoms with Crippen molar-refractivity contribution >= 4 is 0 Å². The minimum Gasteiger partial charge on any atom is -0.396 e. The molecular formula is C6H12O2. The Hall–Kier alpha value is -0.340. The Kier molecular flexibility index (Phi) is 6.38. The molecule has 0 saturated carbocycles. The Morgan fingerprint density at radius 3 is 1.50 bits per heavy atom. The van der Waals surface area contributed by atoms with Gasteiger partial charge in [-0.15, -0.1) is 0 Å². The van der Waals surface area contributed by atoms with E-state index in [1.165, 1.54) is 0 Å². The van der Waals surface area contributed by atoms with E-state index < -0.39 is 0 Å². The molecule has 0 aliphatic rings. The SMILES string of the molecule is OCC/C=C/CCO. The van der Waals surface area contributed by atoms with Gasteiger partial charge in [0, 0.05) is 13.2 Å². The van der Waals surface area contributed by atoms with E-state index in [1.54, 1.807) is 0 Å². The maximum Gasteiger partial charge on any atom is 0.0465 e. The molecule has 2 heteroatoms. The lowest BCUT2D eigenvalue weighted by atomic mass is 10.3. The number of aliphatic hydroxyl groups is 2. The summed E-state index contributed by atoms with van der Waals surface area (Å²) in [6.07, 6.45) is 5.10. The molecule has 0 aliphatic carbocycles. The zero-order valence-corrected chi connectivity index (χ0v) is 4.88. The van der Waals surface area contributed by atoms with Gasteiger partial charge >= 0.3 is 0 Å². The Balaban J connectivity index is 2.83. The standard InChI is InChI=1S/C6H12O2/c7-5-3-1-2-4-6-8/h1-2,7-8H,3-6H2/b2-1+. The van der Waals surface area contributed by atoms with Crippen LogP contribution in [0.4, 0.5) is 0 Å². The topological polar surface area (TPSA) is 40.5 Å². The zero-order valence-electron chi connectivity index (χ0n) is 4.88. The second-order valence-corrected chi connectivity index (χ2v) is 1.50. The predicted molar refractivity (Wildman–Crippen MR) is 32.5 cm³/mol. The molecule has 0 heterocycles. The van der Waals surface area contributed by atoms with Crippen molar-refractivity contribution in [1.29, 1.82) is 0 Å². The Morgan fingerprint density at radius 2 is 1.25 bits per heavy atom. The monoisotopic (exact) mass is 116 g/mol. The first kappa shape index (κ1) is 7.66. The third-order valence-corrected chi connectivity index (χ3v) is 0.758. The zero-order chi connectivity index (χ0) is 6.24. The van der Waals surface area contributed by atoms with Crippen LogP contribution >= 0.6 is 0 Å². The van der Waals surface area contributed by atoms with Gasteiger partial charge in [0.15, 0.2) is 0 Å². The fourth-order valence-electron chi connectivity index (χ4n) is 0.385. The van der Waals surface area contributed by atoms with Crippen LogP contribution < -0.4 is 0 Å². The van der Waals surface area contributed by atoms with E-state index in [1.807, 2.05) is 12.2 Å². The summed E-state index contributed by atoms with van der Waals surface area (Å²) in [4.78, 5) is 0. The molecule has 0 unspecified atom stereocenters. The fourth-order valence-corrected chi connectivity index (χ4v) is 0.385. The summed E-state index contributed by atoms with van der Waals surface area (Å²) in [5.74, 6) is 0. The molecule has 0 aromatic carbocycles. The van der Waals surface area contributed by atoms with Crippen molar-refractivity contribution in [1.82, 2.24) is 0 Å². The van der Waals surface area contributed by atoms with Crippen molar-refractivity contribution in [3.05, 3.63) is 12.2 Å². The molecule has 0 radical (unpaired) electrons. The normalized spacial score (nSPS) is 10.8. The number of rotatable bonds is 4. The molecule has 0 amide bonds. The fraction of sp³-hybridized carbons (Fsp3) is 0.667. The molecule has 0 atom stereocenters. The first-order valence-electron chi connectivity index (χ1n) is 2.78. The van der Waals surface area contributed by atoms with E-state index in [2.05, 4.69) is 0 Å². The third-order valence-electron chi connectivity index (χ3n) is 0.758. The molecule has 0 bridgehead atoms. The van der Waals surface area contributed by atoms with Gasteiger partial charge in [0.2, 0.25) is 0 Å². The summed E-state index contributed by atoms with van der Waals surface area (Å²) in [6.45, 7) is 0.393. The molecule has 0 rings (SSSR count). The highest BCUT2D eigenvalue weighted by Crippen LogP contribution is 1.83. The molecule has 8 heavy (non-hydrogen) atoms. The molecule has 0 spiro atoms. The molecule has 2 nitrogen and oxygen atoms in total. The van der Waals surface area contributed by atoms with Crippen molar-refractivity contribution in [3.63, 3.8) is 0 Å². The van der Waals surface area contributed by atoms with Gasteiger partial charge in [-0.1, -0.05) is 12.2 Å². The molecule has 0 aliphatic heterocycles. The highest BCUT2D eigenvalue weighted by molar-refractivity contribution is 4.80. The lowest BCUT2D eigenvalue weighted by Crippen LogP contribution is -1.78. The summed E-state index contributed by atoms with van der Waals surface area (Å²) in [7, 11) is 0. The highest BCUT2D eigenvalue weighted by atomic mass is 16.3. The minimum absolute atomic E-state index is 0.196. The quantitative estimate of drug-likeness (QED) is 0.519. The van der Waals surface area contributed by atoms with Crippen LogP contribution in [0.5, 0.6) is 0 Å². The second kappa shape index (κ2) is 6.66. The van der Waals surface area contributed by atoms with Crippen LogP contribution in [0.1, 0.15) is 12.8 Å². The number of aliphatic hydroxyl groups excluding tert-OH is 2. The van der Waals surface area contributed by atoms with Crippen LogP contribution in [0, 0.1) is 0 Å². The summed E-state index contributed by atoms with van der Waals surface area (Å²) < 4.78 is 0. The van der Waals surface area contributed by atoms with E-state index in [9.17, 15) is 0 Å². The van der Waals surface area contributed by atoms with Gasteiger partial charge < -0.3 is 10.2 Å². The van der Waals surface area contributed by atoms with Crippen molar-refractivity contribution < 1.29 is 10.2 Å². The lowest BCUT2D eigenvalue weighted by Gasteiger charge is -1.83. The van der Waals surface area contributed by atoms with Gasteiger partial charge in [0.05, 0.1) is 0 Å². The van der Waals surface area contributed by atoms with Gasteiger partial charge in [-0.05, 0) is 12.8 Å². The minimum atomic E-state index is 0.196. The van der Waals surface area contributed by atoms with Gasteiger partial charge in [-0.3, -0.25) is 0 Å². The van der Waals surface area contributed by atoms with Crippen LogP contribution in [0.2, 0.25) is 0 Å². The molecule has 0 aromatic rings. The second-order valence-electron chi connectivity index (χ2n) is 1.50. The van der Waals surface area contributed by atoms with Gasteiger partial charge in [0.25, 0.3) is 0 Å². The molecule has 0 fully saturated rings. The van der Waals surface area contributed by atoms with Crippen molar-refractivity contribution in [2.45, 2.75) is 12.8 Å².